The van der Waals surface area contributed by atoms with Gasteiger partial charge in [0.15, 0.2) is 0 Å². The van der Waals surface area contributed by atoms with Crippen molar-refractivity contribution in [2.45, 2.75) is 13.5 Å². The van der Waals surface area contributed by atoms with Gasteiger partial charge in [-0.1, -0.05) is 0 Å². The topological polar surface area (TPSA) is 29.5 Å². The summed E-state index contributed by atoms with van der Waals surface area (Å²) in [5.74, 6) is 0.754. The van der Waals surface area contributed by atoms with E-state index in [2.05, 4.69) is 15.9 Å². The number of hydrogen-bond donors (Lipinski definition) is 1. The molecule has 2 nitrogen and oxygen atoms in total. The zero-order chi connectivity index (χ0) is 9.14. The van der Waals surface area contributed by atoms with E-state index in [0.717, 1.165) is 21.3 Å². The Morgan fingerprint density at radius 1 is 1.50 bits per heavy atom. The van der Waals surface area contributed by atoms with Gasteiger partial charge < -0.3 is 9.84 Å². The SMILES string of the molecule is COc1cc(CO)c(C)cc1Br. The molecule has 0 bridgehead atoms. The second-order valence-electron chi connectivity index (χ2n) is 2.57. The summed E-state index contributed by atoms with van der Waals surface area (Å²) in [6.07, 6.45) is 0. The predicted molar refractivity (Wildman–Crippen MR) is 51.4 cm³/mol. The molecule has 3 heteroatoms. The second kappa shape index (κ2) is 3.92. The van der Waals surface area contributed by atoms with E-state index in [9.17, 15) is 0 Å². The molecule has 0 unspecified atom stereocenters. The minimum atomic E-state index is 0.0511. The van der Waals surface area contributed by atoms with Crippen LogP contribution in [0.2, 0.25) is 0 Å². The lowest BCUT2D eigenvalue weighted by Gasteiger charge is -2.07. The van der Waals surface area contributed by atoms with Crippen LogP contribution in [-0.4, -0.2) is 12.2 Å². The van der Waals surface area contributed by atoms with Gasteiger partial charge in [0.1, 0.15) is 5.75 Å². The van der Waals surface area contributed by atoms with Gasteiger partial charge in [0.2, 0.25) is 0 Å². The van der Waals surface area contributed by atoms with E-state index in [1.54, 1.807) is 7.11 Å². The minimum Gasteiger partial charge on any atom is -0.496 e. The van der Waals surface area contributed by atoms with E-state index in [0.29, 0.717) is 0 Å². The van der Waals surface area contributed by atoms with Gasteiger partial charge >= 0.3 is 0 Å². The number of halogens is 1. The number of aryl methyl sites for hydroxylation is 1. The highest BCUT2D eigenvalue weighted by atomic mass is 79.9. The molecule has 0 radical (unpaired) electrons. The maximum atomic E-state index is 8.96. The molecule has 1 aromatic carbocycles. The number of benzene rings is 1. The van der Waals surface area contributed by atoms with Crippen LogP contribution >= 0.6 is 15.9 Å². The third-order valence-electron chi connectivity index (χ3n) is 1.78. The van der Waals surface area contributed by atoms with Crippen LogP contribution in [0, 0.1) is 6.92 Å². The largest absolute Gasteiger partial charge is 0.496 e. The van der Waals surface area contributed by atoms with E-state index in [4.69, 9.17) is 9.84 Å². The molecular formula is C9H11BrO2. The van der Waals surface area contributed by atoms with Crippen LogP contribution in [0.5, 0.6) is 5.75 Å². The van der Waals surface area contributed by atoms with Gasteiger partial charge in [0.05, 0.1) is 18.2 Å². The van der Waals surface area contributed by atoms with Crippen LogP contribution in [-0.2, 0) is 6.61 Å². The van der Waals surface area contributed by atoms with E-state index in [1.807, 2.05) is 19.1 Å². The molecule has 0 aliphatic carbocycles. The molecule has 0 saturated heterocycles. The van der Waals surface area contributed by atoms with Crippen LogP contribution < -0.4 is 4.74 Å². The van der Waals surface area contributed by atoms with Crippen molar-refractivity contribution >= 4 is 15.9 Å². The lowest BCUT2D eigenvalue weighted by atomic mass is 10.1. The summed E-state index contributed by atoms with van der Waals surface area (Å²) in [6, 6.07) is 3.77. The molecule has 1 rings (SSSR count). The quantitative estimate of drug-likeness (QED) is 0.845. The molecule has 0 fully saturated rings. The Labute approximate surface area is 80.3 Å². The normalized spacial score (nSPS) is 10.0. The Morgan fingerprint density at radius 2 is 2.17 bits per heavy atom. The number of hydrogen-bond acceptors (Lipinski definition) is 2. The van der Waals surface area contributed by atoms with Crippen molar-refractivity contribution in [3.05, 3.63) is 27.7 Å². The summed E-state index contributed by atoms with van der Waals surface area (Å²) >= 11 is 3.36. The van der Waals surface area contributed by atoms with Crippen molar-refractivity contribution in [1.82, 2.24) is 0 Å². The Balaban J connectivity index is 3.18. The smallest absolute Gasteiger partial charge is 0.133 e. The lowest BCUT2D eigenvalue weighted by molar-refractivity contribution is 0.280. The molecule has 1 N–H and O–H groups in total. The van der Waals surface area contributed by atoms with Gasteiger partial charge in [-0.05, 0) is 46.1 Å². The number of methoxy groups -OCH3 is 1. The van der Waals surface area contributed by atoms with Crippen LogP contribution in [0.1, 0.15) is 11.1 Å². The molecule has 0 aliphatic heterocycles. The highest BCUT2D eigenvalue weighted by Crippen LogP contribution is 2.28. The molecule has 0 spiro atoms. The molecule has 66 valence electrons. The van der Waals surface area contributed by atoms with Crippen LogP contribution in [0.3, 0.4) is 0 Å². The number of rotatable bonds is 2. The van der Waals surface area contributed by atoms with Gasteiger partial charge in [-0.3, -0.25) is 0 Å². The predicted octanol–water partition coefficient (Wildman–Crippen LogP) is 2.26. The molecule has 1 aromatic rings. The zero-order valence-electron chi connectivity index (χ0n) is 7.10. The fourth-order valence-corrected chi connectivity index (χ4v) is 1.64. The Morgan fingerprint density at radius 3 is 2.67 bits per heavy atom. The summed E-state index contributed by atoms with van der Waals surface area (Å²) in [4.78, 5) is 0. The van der Waals surface area contributed by atoms with Gasteiger partial charge in [0, 0.05) is 0 Å². The fraction of sp³-hybridized carbons (Fsp3) is 0.333. The third-order valence-corrected chi connectivity index (χ3v) is 2.40. The second-order valence-corrected chi connectivity index (χ2v) is 3.43. The first kappa shape index (κ1) is 9.55. The fourth-order valence-electron chi connectivity index (χ4n) is 1.02. The van der Waals surface area contributed by atoms with Crippen molar-refractivity contribution in [1.29, 1.82) is 0 Å². The highest BCUT2D eigenvalue weighted by Gasteiger charge is 2.04. The molecule has 12 heavy (non-hydrogen) atoms. The summed E-state index contributed by atoms with van der Waals surface area (Å²) in [5, 5.41) is 8.96. The number of aliphatic hydroxyl groups is 1. The van der Waals surface area contributed by atoms with Crippen LogP contribution in [0.4, 0.5) is 0 Å². The van der Waals surface area contributed by atoms with E-state index >= 15 is 0 Å². The molecule has 0 amide bonds. The lowest BCUT2D eigenvalue weighted by Crippen LogP contribution is -1.92. The monoisotopic (exact) mass is 230 g/mol. The Hall–Kier alpha value is -0.540. The van der Waals surface area contributed by atoms with Gasteiger partial charge in [0.25, 0.3) is 0 Å². The molecule has 0 saturated carbocycles. The van der Waals surface area contributed by atoms with Crippen LogP contribution in [0.25, 0.3) is 0 Å². The van der Waals surface area contributed by atoms with Crippen molar-refractivity contribution in [3.8, 4) is 5.75 Å². The molecular weight excluding hydrogens is 220 g/mol. The number of ether oxygens (including phenoxy) is 1. The summed E-state index contributed by atoms with van der Waals surface area (Å²) < 4.78 is 6.00. The average molecular weight is 231 g/mol. The molecule has 0 atom stereocenters. The van der Waals surface area contributed by atoms with E-state index < -0.39 is 0 Å². The van der Waals surface area contributed by atoms with E-state index in [-0.39, 0.29) is 6.61 Å². The number of aliphatic hydroxyl groups excluding tert-OH is 1. The maximum Gasteiger partial charge on any atom is 0.133 e. The maximum absolute atomic E-state index is 8.96. The summed E-state index contributed by atoms with van der Waals surface area (Å²) in [7, 11) is 1.61. The van der Waals surface area contributed by atoms with Gasteiger partial charge in [-0.2, -0.15) is 0 Å². The first-order valence-corrected chi connectivity index (χ1v) is 4.42. The zero-order valence-corrected chi connectivity index (χ0v) is 8.68. The summed E-state index contributed by atoms with van der Waals surface area (Å²) in [5.41, 5.74) is 1.96. The standard InChI is InChI=1S/C9H11BrO2/c1-6-3-8(10)9(12-2)4-7(6)5-11/h3-4,11H,5H2,1-2H3. The third kappa shape index (κ3) is 1.79. The highest BCUT2D eigenvalue weighted by molar-refractivity contribution is 9.10. The van der Waals surface area contributed by atoms with Crippen LogP contribution in [0.15, 0.2) is 16.6 Å². The Bertz CT molecular complexity index is 259. The van der Waals surface area contributed by atoms with Crippen molar-refractivity contribution in [2.24, 2.45) is 0 Å². The van der Waals surface area contributed by atoms with Gasteiger partial charge in [-0.25, -0.2) is 0 Å². The first-order chi connectivity index (χ1) is 5.69. The van der Waals surface area contributed by atoms with Crippen molar-refractivity contribution in [2.75, 3.05) is 7.11 Å². The molecule has 0 aromatic heterocycles. The average Bonchev–Trinajstić information content (AvgIpc) is 2.05. The molecule has 0 heterocycles. The molecule has 0 aliphatic rings. The Kier molecular flexibility index (Phi) is 3.12. The first-order valence-electron chi connectivity index (χ1n) is 3.63. The van der Waals surface area contributed by atoms with Gasteiger partial charge in [-0.15, -0.1) is 0 Å². The van der Waals surface area contributed by atoms with Crippen molar-refractivity contribution < 1.29 is 9.84 Å². The minimum absolute atomic E-state index is 0.0511. The summed E-state index contributed by atoms with van der Waals surface area (Å²) in [6.45, 7) is 2.01. The van der Waals surface area contributed by atoms with E-state index in [1.165, 1.54) is 0 Å². The van der Waals surface area contributed by atoms with Crippen molar-refractivity contribution in [3.63, 3.8) is 0 Å².